The van der Waals surface area contributed by atoms with Crippen molar-refractivity contribution >= 4 is 17.9 Å². The highest BCUT2D eigenvalue weighted by atomic mass is 16.6. The van der Waals surface area contributed by atoms with E-state index in [9.17, 15) is 9.59 Å². The van der Waals surface area contributed by atoms with Gasteiger partial charge in [0.2, 0.25) is 0 Å². The van der Waals surface area contributed by atoms with Crippen LogP contribution in [0.15, 0.2) is 54.6 Å². The average Bonchev–Trinajstić information content (AvgIpc) is 3.17. The lowest BCUT2D eigenvalue weighted by atomic mass is 9.81. The maximum atomic E-state index is 12.9. The number of nitrogens with zero attached hydrogens (tertiary/aromatic N) is 2. The van der Waals surface area contributed by atoms with Crippen molar-refractivity contribution in [1.82, 2.24) is 4.90 Å². The molecule has 32 heavy (non-hydrogen) atoms. The molecule has 4 rings (SSSR count). The summed E-state index contributed by atoms with van der Waals surface area (Å²) in [5.41, 5.74) is 2.61. The van der Waals surface area contributed by atoms with Crippen molar-refractivity contribution in [3.8, 4) is 0 Å². The molecule has 0 N–H and O–H groups in total. The predicted octanol–water partition coefficient (Wildman–Crippen LogP) is 5.57. The molecule has 6 heteroatoms. The smallest absolute Gasteiger partial charge is 0.414 e. The summed E-state index contributed by atoms with van der Waals surface area (Å²) < 4.78 is 11.1. The summed E-state index contributed by atoms with van der Waals surface area (Å²) in [5.74, 6) is 0.651. The molecule has 1 fully saturated rings. The summed E-state index contributed by atoms with van der Waals surface area (Å²) in [4.78, 5) is 28.9. The van der Waals surface area contributed by atoms with Crippen LogP contribution in [-0.4, -0.2) is 42.3 Å². The monoisotopic (exact) mass is 436 g/mol. The van der Waals surface area contributed by atoms with Crippen LogP contribution in [0.4, 0.5) is 15.3 Å². The molecule has 0 spiro atoms. The number of benzene rings is 2. The topological polar surface area (TPSA) is 59.1 Å². The first-order valence-corrected chi connectivity index (χ1v) is 11.4. The van der Waals surface area contributed by atoms with Gasteiger partial charge >= 0.3 is 12.2 Å². The average molecular weight is 437 g/mol. The van der Waals surface area contributed by atoms with E-state index in [1.54, 1.807) is 9.80 Å². The van der Waals surface area contributed by atoms with Crippen molar-refractivity contribution in [2.45, 2.75) is 51.7 Å². The van der Waals surface area contributed by atoms with E-state index in [1.165, 1.54) is 5.56 Å². The van der Waals surface area contributed by atoms with Gasteiger partial charge in [-0.3, -0.25) is 4.90 Å². The van der Waals surface area contributed by atoms with Crippen molar-refractivity contribution < 1.29 is 19.1 Å². The van der Waals surface area contributed by atoms with Crippen molar-refractivity contribution in [3.05, 3.63) is 65.7 Å². The van der Waals surface area contributed by atoms with Gasteiger partial charge in [0.25, 0.3) is 0 Å². The van der Waals surface area contributed by atoms with E-state index < -0.39 is 5.60 Å². The second-order valence-corrected chi connectivity index (χ2v) is 9.62. The molecule has 6 nitrogen and oxygen atoms in total. The second kappa shape index (κ2) is 9.23. The first kappa shape index (κ1) is 22.2. The van der Waals surface area contributed by atoms with Crippen LogP contribution in [0, 0.1) is 5.92 Å². The Balaban J connectivity index is 1.39. The van der Waals surface area contributed by atoms with Gasteiger partial charge in [0.1, 0.15) is 12.2 Å². The predicted molar refractivity (Wildman–Crippen MR) is 124 cm³/mol. The van der Waals surface area contributed by atoms with Gasteiger partial charge in [-0.15, -0.1) is 0 Å². The Hall–Kier alpha value is -3.02. The summed E-state index contributed by atoms with van der Waals surface area (Å²) in [5, 5.41) is 0. The molecule has 2 aromatic carbocycles. The quantitative estimate of drug-likeness (QED) is 0.631. The lowest BCUT2D eigenvalue weighted by molar-refractivity contribution is 0.0176. The minimum atomic E-state index is -0.487. The Kier molecular flexibility index (Phi) is 6.40. The number of ether oxygens (including phenoxy) is 2. The third-order valence-electron chi connectivity index (χ3n) is 6.19. The molecule has 0 saturated carbocycles. The highest BCUT2D eigenvalue weighted by Gasteiger charge is 2.39. The van der Waals surface area contributed by atoms with Gasteiger partial charge in [0, 0.05) is 25.6 Å². The molecule has 1 saturated heterocycles. The van der Waals surface area contributed by atoms with Crippen LogP contribution in [0.1, 0.15) is 50.7 Å². The molecular formula is C26H32N2O4. The van der Waals surface area contributed by atoms with Gasteiger partial charge in [0.15, 0.2) is 0 Å². The molecule has 0 aromatic heterocycles. The van der Waals surface area contributed by atoms with Crippen LogP contribution in [0.25, 0.3) is 0 Å². The number of rotatable bonds is 3. The number of hydrogen-bond donors (Lipinski definition) is 0. The van der Waals surface area contributed by atoms with Crippen LogP contribution >= 0.6 is 0 Å². The fourth-order valence-electron chi connectivity index (χ4n) is 4.62. The number of likely N-dealkylation sites (tertiary alicyclic amines) is 1. The molecule has 2 aliphatic heterocycles. The number of piperidine rings is 1. The molecule has 0 radical (unpaired) electrons. The van der Waals surface area contributed by atoms with Crippen molar-refractivity contribution in [2.24, 2.45) is 5.92 Å². The van der Waals surface area contributed by atoms with Crippen molar-refractivity contribution in [3.63, 3.8) is 0 Å². The summed E-state index contributed by atoms with van der Waals surface area (Å²) >= 11 is 0. The SMILES string of the molecule is CC(C)(C)OC(=O)N1CCC([C@@H]2CN(C(=O)OCc3ccccc3)c3ccccc32)CC1. The van der Waals surface area contributed by atoms with Gasteiger partial charge in [-0.1, -0.05) is 48.5 Å². The van der Waals surface area contributed by atoms with Gasteiger partial charge in [0.05, 0.1) is 5.69 Å². The molecule has 2 aliphatic rings. The number of para-hydroxylation sites is 1. The van der Waals surface area contributed by atoms with Crippen LogP contribution in [0.5, 0.6) is 0 Å². The number of amides is 2. The van der Waals surface area contributed by atoms with Crippen LogP contribution < -0.4 is 4.90 Å². The van der Waals surface area contributed by atoms with Crippen molar-refractivity contribution in [1.29, 1.82) is 0 Å². The van der Waals surface area contributed by atoms with Crippen LogP contribution in [-0.2, 0) is 16.1 Å². The van der Waals surface area contributed by atoms with E-state index in [4.69, 9.17) is 9.47 Å². The summed E-state index contributed by atoms with van der Waals surface area (Å²) in [6.07, 6.45) is 1.24. The molecule has 0 bridgehead atoms. The van der Waals surface area contributed by atoms with Gasteiger partial charge in [-0.2, -0.15) is 0 Å². The maximum Gasteiger partial charge on any atom is 0.414 e. The Morgan fingerprint density at radius 2 is 1.59 bits per heavy atom. The molecule has 1 atom stereocenters. The fourth-order valence-corrected chi connectivity index (χ4v) is 4.62. The zero-order valence-corrected chi connectivity index (χ0v) is 19.1. The summed E-state index contributed by atoms with van der Waals surface area (Å²) in [6.45, 7) is 7.89. The Morgan fingerprint density at radius 1 is 0.938 bits per heavy atom. The van der Waals surface area contributed by atoms with E-state index in [2.05, 4.69) is 6.07 Å². The number of carbonyl (C=O) groups excluding carboxylic acids is 2. The van der Waals surface area contributed by atoms with Gasteiger partial charge < -0.3 is 14.4 Å². The number of hydrogen-bond acceptors (Lipinski definition) is 4. The second-order valence-electron chi connectivity index (χ2n) is 9.62. The Morgan fingerprint density at radius 3 is 2.28 bits per heavy atom. The Labute approximate surface area is 190 Å². The first-order valence-electron chi connectivity index (χ1n) is 11.4. The molecule has 0 unspecified atom stereocenters. The third kappa shape index (κ3) is 5.06. The van der Waals surface area contributed by atoms with Gasteiger partial charge in [-0.25, -0.2) is 9.59 Å². The molecule has 2 amide bonds. The first-order chi connectivity index (χ1) is 15.3. The molecular weight excluding hydrogens is 404 g/mol. The molecule has 170 valence electrons. The van der Waals surface area contributed by atoms with E-state index in [1.807, 2.05) is 69.3 Å². The number of fused-ring (bicyclic) bond motifs is 1. The third-order valence-corrected chi connectivity index (χ3v) is 6.19. The molecule has 0 aliphatic carbocycles. The highest BCUT2D eigenvalue weighted by molar-refractivity contribution is 5.91. The summed E-state index contributed by atoms with van der Waals surface area (Å²) in [7, 11) is 0. The van der Waals surface area contributed by atoms with E-state index in [-0.39, 0.29) is 24.7 Å². The largest absolute Gasteiger partial charge is 0.444 e. The zero-order chi connectivity index (χ0) is 22.7. The lowest BCUT2D eigenvalue weighted by Gasteiger charge is -2.35. The van der Waals surface area contributed by atoms with Crippen LogP contribution in [0.2, 0.25) is 0 Å². The molecule has 2 aromatic rings. The maximum absolute atomic E-state index is 12.9. The zero-order valence-electron chi connectivity index (χ0n) is 19.1. The molecule has 2 heterocycles. The fraction of sp³-hybridized carbons (Fsp3) is 0.462. The lowest BCUT2D eigenvalue weighted by Crippen LogP contribution is -2.43. The van der Waals surface area contributed by atoms with E-state index >= 15 is 0 Å². The number of anilines is 1. The standard InChI is InChI=1S/C26H32N2O4/c1-26(2,3)32-24(29)27-15-13-20(14-16-27)22-17-28(23-12-8-7-11-21(22)23)25(30)31-18-19-9-5-4-6-10-19/h4-12,20,22H,13-18H2,1-3H3/t22-/m0/s1. The van der Waals surface area contributed by atoms with Crippen molar-refractivity contribution in [2.75, 3.05) is 24.5 Å². The van der Waals surface area contributed by atoms with Gasteiger partial charge in [-0.05, 0) is 56.7 Å². The minimum Gasteiger partial charge on any atom is -0.444 e. The minimum absolute atomic E-state index is 0.242. The van der Waals surface area contributed by atoms with Crippen LogP contribution in [0.3, 0.4) is 0 Å². The highest BCUT2D eigenvalue weighted by Crippen LogP contribution is 2.43. The summed E-state index contributed by atoms with van der Waals surface area (Å²) in [6, 6.07) is 17.8. The van der Waals surface area contributed by atoms with E-state index in [0.29, 0.717) is 25.6 Å². The Bertz CT molecular complexity index is 946. The number of carbonyl (C=O) groups is 2. The normalized spacial score (nSPS) is 18.9. The van der Waals surface area contributed by atoms with E-state index in [0.717, 1.165) is 24.1 Å².